The molecular weight excluding hydrogens is 442 g/mol. The van der Waals surface area contributed by atoms with Crippen LogP contribution in [-0.2, 0) is 0 Å². The number of benzene rings is 1. The van der Waals surface area contributed by atoms with Crippen LogP contribution in [0, 0.1) is 20.8 Å². The Morgan fingerprint density at radius 2 is 1.88 bits per heavy atom. The number of ether oxygens (including phenoxy) is 1. The molecule has 1 aromatic carbocycles. The lowest BCUT2D eigenvalue weighted by Crippen LogP contribution is -1.97. The van der Waals surface area contributed by atoms with Crippen LogP contribution in [0.15, 0.2) is 68.4 Å². The topological polar surface area (TPSA) is 86.0 Å². The SMILES string of the molecule is Cc1csc(Nc2ncc(Sc3cc(C)nc4c(C)noc34)cc2Oc2ccccc2)n1. The van der Waals surface area contributed by atoms with Crippen molar-refractivity contribution in [2.45, 2.75) is 30.6 Å². The van der Waals surface area contributed by atoms with Crippen molar-refractivity contribution < 1.29 is 9.26 Å². The van der Waals surface area contributed by atoms with Crippen LogP contribution in [0.25, 0.3) is 11.1 Å². The second kappa shape index (κ2) is 8.60. The van der Waals surface area contributed by atoms with Gasteiger partial charge in [0, 0.05) is 28.2 Å². The van der Waals surface area contributed by atoms with Crippen molar-refractivity contribution in [1.82, 2.24) is 20.1 Å². The summed E-state index contributed by atoms with van der Waals surface area (Å²) in [4.78, 5) is 15.5. The summed E-state index contributed by atoms with van der Waals surface area (Å²) >= 11 is 3.05. The fourth-order valence-electron chi connectivity index (χ4n) is 3.11. The normalized spacial score (nSPS) is 11.1. The summed E-state index contributed by atoms with van der Waals surface area (Å²) in [5.41, 5.74) is 4.07. The van der Waals surface area contributed by atoms with E-state index in [4.69, 9.17) is 9.26 Å². The average molecular weight is 462 g/mol. The Balaban J connectivity index is 1.51. The fraction of sp³-hybridized carbons (Fsp3) is 0.130. The van der Waals surface area contributed by atoms with Crippen LogP contribution in [0.1, 0.15) is 17.1 Å². The highest BCUT2D eigenvalue weighted by atomic mass is 32.2. The lowest BCUT2D eigenvalue weighted by atomic mass is 10.3. The first kappa shape index (κ1) is 20.5. The molecule has 7 nitrogen and oxygen atoms in total. The summed E-state index contributed by atoms with van der Waals surface area (Å²) in [6.45, 7) is 5.81. The number of para-hydroxylation sites is 1. The van der Waals surface area contributed by atoms with Crippen molar-refractivity contribution >= 4 is 45.1 Å². The van der Waals surface area contributed by atoms with E-state index in [2.05, 4.69) is 25.4 Å². The highest BCUT2D eigenvalue weighted by Crippen LogP contribution is 2.39. The molecule has 4 aromatic heterocycles. The summed E-state index contributed by atoms with van der Waals surface area (Å²) in [6, 6.07) is 13.6. The van der Waals surface area contributed by atoms with Gasteiger partial charge in [-0.2, -0.15) is 0 Å². The van der Waals surface area contributed by atoms with E-state index < -0.39 is 0 Å². The first-order valence-corrected chi connectivity index (χ1v) is 11.6. The summed E-state index contributed by atoms with van der Waals surface area (Å²) in [6.07, 6.45) is 1.80. The number of thiazole rings is 1. The molecule has 160 valence electrons. The first-order chi connectivity index (χ1) is 15.5. The summed E-state index contributed by atoms with van der Waals surface area (Å²) in [7, 11) is 0. The van der Waals surface area contributed by atoms with Crippen LogP contribution in [0.5, 0.6) is 11.5 Å². The number of nitrogens with one attached hydrogen (secondary N) is 1. The second-order valence-electron chi connectivity index (χ2n) is 7.16. The van der Waals surface area contributed by atoms with Gasteiger partial charge in [0.15, 0.2) is 22.3 Å². The van der Waals surface area contributed by atoms with Gasteiger partial charge in [-0.1, -0.05) is 35.1 Å². The van der Waals surface area contributed by atoms with Gasteiger partial charge in [0.2, 0.25) is 0 Å². The highest BCUT2D eigenvalue weighted by Gasteiger charge is 2.16. The largest absolute Gasteiger partial charge is 0.453 e. The third-order valence-electron chi connectivity index (χ3n) is 4.55. The molecule has 0 aliphatic heterocycles. The minimum Gasteiger partial charge on any atom is -0.453 e. The Labute approximate surface area is 192 Å². The number of fused-ring (bicyclic) bond motifs is 1. The lowest BCUT2D eigenvalue weighted by molar-refractivity contribution is 0.446. The Hall–Kier alpha value is -3.43. The van der Waals surface area contributed by atoms with Gasteiger partial charge in [-0.05, 0) is 39.0 Å². The smallest absolute Gasteiger partial charge is 0.199 e. The number of nitrogens with zero attached hydrogens (tertiary/aromatic N) is 4. The number of hydrogen-bond acceptors (Lipinski definition) is 9. The highest BCUT2D eigenvalue weighted by molar-refractivity contribution is 7.99. The zero-order valence-corrected chi connectivity index (χ0v) is 19.3. The maximum absolute atomic E-state index is 6.17. The van der Waals surface area contributed by atoms with Gasteiger partial charge in [-0.25, -0.2) is 15.0 Å². The lowest BCUT2D eigenvalue weighted by Gasteiger charge is -2.12. The van der Waals surface area contributed by atoms with Gasteiger partial charge < -0.3 is 14.6 Å². The van der Waals surface area contributed by atoms with Gasteiger partial charge in [0.05, 0.1) is 10.6 Å². The van der Waals surface area contributed by atoms with E-state index >= 15 is 0 Å². The van der Waals surface area contributed by atoms with Crippen LogP contribution in [0.3, 0.4) is 0 Å². The monoisotopic (exact) mass is 461 g/mol. The number of hydrogen-bond donors (Lipinski definition) is 1. The summed E-state index contributed by atoms with van der Waals surface area (Å²) < 4.78 is 11.7. The van der Waals surface area contributed by atoms with Crippen molar-refractivity contribution in [3.05, 3.63) is 71.1 Å². The van der Waals surface area contributed by atoms with Gasteiger partial charge in [-0.15, -0.1) is 11.3 Å². The van der Waals surface area contributed by atoms with E-state index in [9.17, 15) is 0 Å². The Morgan fingerprint density at radius 3 is 2.66 bits per heavy atom. The molecule has 0 spiro atoms. The van der Waals surface area contributed by atoms with Crippen LogP contribution < -0.4 is 10.1 Å². The van der Waals surface area contributed by atoms with E-state index in [0.29, 0.717) is 17.2 Å². The van der Waals surface area contributed by atoms with Crippen LogP contribution in [-0.4, -0.2) is 20.1 Å². The standard InChI is InChI=1S/C23H19N5O2S2/c1-13-9-19(21-20(25-13)15(3)28-30-21)32-17-10-18(29-16-7-5-4-6-8-16)22(24-11-17)27-23-26-14(2)12-31-23/h4-12H,1-3H3,(H,24,26,27). The predicted octanol–water partition coefficient (Wildman–Crippen LogP) is 6.69. The maximum atomic E-state index is 6.17. The molecule has 0 saturated heterocycles. The minimum atomic E-state index is 0.596. The predicted molar refractivity (Wildman–Crippen MR) is 126 cm³/mol. The molecule has 0 radical (unpaired) electrons. The molecule has 5 rings (SSSR count). The van der Waals surface area contributed by atoms with Crippen LogP contribution >= 0.6 is 23.1 Å². The maximum Gasteiger partial charge on any atom is 0.199 e. The number of aryl methyl sites for hydroxylation is 3. The molecule has 4 heterocycles. The van der Waals surface area contributed by atoms with Gasteiger partial charge in [0.1, 0.15) is 17.0 Å². The molecule has 0 atom stereocenters. The molecule has 9 heteroatoms. The molecule has 32 heavy (non-hydrogen) atoms. The molecule has 0 bridgehead atoms. The average Bonchev–Trinajstić information content (AvgIpc) is 3.36. The van der Waals surface area contributed by atoms with Crippen molar-refractivity contribution in [3.63, 3.8) is 0 Å². The zero-order chi connectivity index (χ0) is 22.1. The molecule has 0 unspecified atom stereocenters. The van der Waals surface area contributed by atoms with Gasteiger partial charge in [-0.3, -0.25) is 0 Å². The van der Waals surface area contributed by atoms with E-state index in [0.717, 1.165) is 43.3 Å². The van der Waals surface area contributed by atoms with Gasteiger partial charge in [0.25, 0.3) is 0 Å². The van der Waals surface area contributed by atoms with E-state index in [-0.39, 0.29) is 0 Å². The second-order valence-corrected chi connectivity index (χ2v) is 9.13. The number of rotatable bonds is 6. The fourth-order valence-corrected chi connectivity index (χ4v) is 4.78. The molecule has 5 aromatic rings. The first-order valence-electron chi connectivity index (χ1n) is 9.89. The summed E-state index contributed by atoms with van der Waals surface area (Å²) in [5, 5.41) is 10.1. The number of pyridine rings is 2. The van der Waals surface area contributed by atoms with E-state index in [1.165, 1.54) is 23.1 Å². The van der Waals surface area contributed by atoms with Crippen molar-refractivity contribution in [3.8, 4) is 11.5 Å². The van der Waals surface area contributed by atoms with Crippen molar-refractivity contribution in [2.75, 3.05) is 5.32 Å². The molecule has 1 N–H and O–H groups in total. The molecule has 0 amide bonds. The van der Waals surface area contributed by atoms with Crippen molar-refractivity contribution in [2.24, 2.45) is 0 Å². The Morgan fingerprint density at radius 1 is 1.03 bits per heavy atom. The van der Waals surface area contributed by atoms with E-state index in [1.54, 1.807) is 6.20 Å². The summed E-state index contributed by atoms with van der Waals surface area (Å²) in [5.74, 6) is 1.92. The Kier molecular flexibility index (Phi) is 5.50. The zero-order valence-electron chi connectivity index (χ0n) is 17.6. The van der Waals surface area contributed by atoms with E-state index in [1.807, 2.05) is 68.6 Å². The quantitative estimate of drug-likeness (QED) is 0.299. The van der Waals surface area contributed by atoms with Crippen molar-refractivity contribution in [1.29, 1.82) is 0 Å². The molecule has 0 aliphatic carbocycles. The minimum absolute atomic E-state index is 0.596. The molecule has 0 aliphatic rings. The van der Waals surface area contributed by atoms with Gasteiger partial charge >= 0.3 is 0 Å². The molecular formula is C23H19N5O2S2. The molecule has 0 saturated carbocycles. The van der Waals surface area contributed by atoms with Crippen LogP contribution in [0.4, 0.5) is 10.9 Å². The van der Waals surface area contributed by atoms with Crippen LogP contribution in [0.2, 0.25) is 0 Å². The third kappa shape index (κ3) is 4.30. The number of aromatic nitrogens is 4. The number of anilines is 2. The molecule has 0 fully saturated rings. The third-order valence-corrected chi connectivity index (χ3v) is 6.41. The Bertz CT molecular complexity index is 1400.